The molecule has 0 aliphatic heterocycles. The van der Waals surface area contributed by atoms with E-state index in [1.807, 2.05) is 0 Å². The first kappa shape index (κ1) is 18.0. The number of fused-ring (bicyclic) bond motifs is 1. The zero-order chi connectivity index (χ0) is 19.1. The van der Waals surface area contributed by atoms with E-state index in [0.717, 1.165) is 12.1 Å². The van der Waals surface area contributed by atoms with Crippen LogP contribution in [0.25, 0.3) is 10.9 Å². The van der Waals surface area contributed by atoms with Crippen LogP contribution >= 0.6 is 0 Å². The van der Waals surface area contributed by atoms with Crippen molar-refractivity contribution in [2.24, 2.45) is 0 Å². The number of alkyl halides is 3. The number of aromatic amines is 1. The molecule has 26 heavy (non-hydrogen) atoms. The minimum Gasteiger partial charge on any atom is -0.361 e. The quantitative estimate of drug-likeness (QED) is 0.613. The van der Waals surface area contributed by atoms with E-state index in [-0.39, 0.29) is 5.69 Å². The van der Waals surface area contributed by atoms with Gasteiger partial charge in [-0.3, -0.25) is 4.79 Å². The molecule has 0 spiro atoms. The van der Waals surface area contributed by atoms with Crippen LogP contribution in [0.3, 0.4) is 0 Å². The van der Waals surface area contributed by atoms with Crippen LogP contribution < -0.4 is 5.32 Å². The second kappa shape index (κ2) is 6.16. The Balaban J connectivity index is 1.92. The summed E-state index contributed by atoms with van der Waals surface area (Å²) in [6, 6.07) is 8.62. The molecule has 3 nitrogen and oxygen atoms in total. The third kappa shape index (κ3) is 3.29. The maximum atomic E-state index is 13.6. The lowest BCUT2D eigenvalue weighted by Crippen LogP contribution is -2.34. The molecule has 0 saturated carbocycles. The minimum atomic E-state index is -4.50. The van der Waals surface area contributed by atoms with Gasteiger partial charge < -0.3 is 10.3 Å². The van der Waals surface area contributed by atoms with E-state index in [2.05, 4.69) is 10.3 Å². The Morgan fingerprint density at radius 2 is 1.81 bits per heavy atom. The molecule has 1 amide bonds. The standard InChI is InChI=1S/C19H16F4N2O/c1-18(2,15-10-24-16-7-6-12(20)9-14(15)16)17(26)25-13-5-3-4-11(8-13)19(21,22)23/h3-10,24H,1-2H3,(H,25,26). The predicted octanol–water partition coefficient (Wildman–Crippen LogP) is 5.24. The topological polar surface area (TPSA) is 44.9 Å². The monoisotopic (exact) mass is 364 g/mol. The Labute approximate surface area is 147 Å². The number of carbonyl (C=O) groups excluding carboxylic acids is 1. The van der Waals surface area contributed by atoms with Crippen molar-refractivity contribution in [3.05, 3.63) is 65.6 Å². The van der Waals surface area contributed by atoms with Crippen molar-refractivity contribution in [3.63, 3.8) is 0 Å². The Hall–Kier alpha value is -2.83. The van der Waals surface area contributed by atoms with Crippen LogP contribution in [-0.2, 0) is 16.4 Å². The number of H-pyrrole nitrogens is 1. The molecule has 7 heteroatoms. The Kier molecular flexibility index (Phi) is 4.26. The summed E-state index contributed by atoms with van der Waals surface area (Å²) >= 11 is 0. The predicted molar refractivity (Wildman–Crippen MR) is 91.4 cm³/mol. The molecule has 0 aliphatic carbocycles. The van der Waals surface area contributed by atoms with Crippen LogP contribution in [-0.4, -0.2) is 10.9 Å². The number of hydrogen-bond donors (Lipinski definition) is 2. The average Bonchev–Trinajstić information content (AvgIpc) is 2.98. The lowest BCUT2D eigenvalue weighted by molar-refractivity contribution is -0.137. The van der Waals surface area contributed by atoms with Gasteiger partial charge in [0.25, 0.3) is 0 Å². The van der Waals surface area contributed by atoms with Crippen LogP contribution in [0.2, 0.25) is 0 Å². The molecule has 136 valence electrons. The number of halogens is 4. The van der Waals surface area contributed by atoms with Crippen molar-refractivity contribution >= 4 is 22.5 Å². The van der Waals surface area contributed by atoms with Gasteiger partial charge in [-0.2, -0.15) is 13.2 Å². The SMILES string of the molecule is CC(C)(C(=O)Nc1cccc(C(F)(F)F)c1)c1c[nH]c2ccc(F)cc12. The molecule has 1 heterocycles. The van der Waals surface area contributed by atoms with Crippen molar-refractivity contribution in [1.82, 2.24) is 4.98 Å². The summed E-state index contributed by atoms with van der Waals surface area (Å²) in [5.74, 6) is -0.936. The highest BCUT2D eigenvalue weighted by Crippen LogP contribution is 2.34. The summed E-state index contributed by atoms with van der Waals surface area (Å²) in [7, 11) is 0. The van der Waals surface area contributed by atoms with Gasteiger partial charge in [0.1, 0.15) is 5.82 Å². The Morgan fingerprint density at radius 3 is 2.50 bits per heavy atom. The highest BCUT2D eigenvalue weighted by atomic mass is 19.4. The summed E-state index contributed by atoms with van der Waals surface area (Å²) in [6.07, 6.45) is -2.89. The van der Waals surface area contributed by atoms with Crippen LogP contribution in [0.4, 0.5) is 23.2 Å². The number of hydrogen-bond acceptors (Lipinski definition) is 1. The first-order chi connectivity index (χ1) is 12.1. The lowest BCUT2D eigenvalue weighted by atomic mass is 9.83. The Morgan fingerprint density at radius 1 is 1.08 bits per heavy atom. The summed E-state index contributed by atoms with van der Waals surface area (Å²) in [4.78, 5) is 15.7. The van der Waals surface area contributed by atoms with Crippen LogP contribution in [0.15, 0.2) is 48.7 Å². The van der Waals surface area contributed by atoms with Crippen molar-refractivity contribution < 1.29 is 22.4 Å². The van der Waals surface area contributed by atoms with Crippen molar-refractivity contribution in [3.8, 4) is 0 Å². The zero-order valence-corrected chi connectivity index (χ0v) is 14.0. The maximum Gasteiger partial charge on any atom is 0.416 e. The first-order valence-corrected chi connectivity index (χ1v) is 7.85. The van der Waals surface area contributed by atoms with Crippen molar-refractivity contribution in [2.75, 3.05) is 5.32 Å². The normalized spacial score (nSPS) is 12.4. The van der Waals surface area contributed by atoms with Crippen LogP contribution in [0.5, 0.6) is 0 Å². The number of amides is 1. The van der Waals surface area contributed by atoms with E-state index in [4.69, 9.17) is 0 Å². The first-order valence-electron chi connectivity index (χ1n) is 7.85. The molecule has 0 unspecified atom stereocenters. The van der Waals surface area contributed by atoms with Gasteiger partial charge in [-0.25, -0.2) is 4.39 Å². The molecule has 0 radical (unpaired) electrons. The second-order valence-corrected chi connectivity index (χ2v) is 6.55. The molecule has 1 aromatic heterocycles. The molecule has 0 bridgehead atoms. The van der Waals surface area contributed by atoms with Gasteiger partial charge in [0.15, 0.2) is 0 Å². The van der Waals surface area contributed by atoms with Gasteiger partial charge in [-0.05, 0) is 55.8 Å². The van der Waals surface area contributed by atoms with E-state index in [1.54, 1.807) is 26.1 Å². The zero-order valence-electron chi connectivity index (χ0n) is 14.0. The highest BCUT2D eigenvalue weighted by molar-refractivity contribution is 6.01. The fraction of sp³-hybridized carbons (Fsp3) is 0.211. The molecule has 3 rings (SSSR count). The fourth-order valence-electron chi connectivity index (χ4n) is 2.79. The van der Waals surface area contributed by atoms with Crippen LogP contribution in [0.1, 0.15) is 25.0 Å². The van der Waals surface area contributed by atoms with Crippen LogP contribution in [0, 0.1) is 5.82 Å². The number of carbonyl (C=O) groups is 1. The molecule has 0 aliphatic rings. The summed E-state index contributed by atoms with van der Waals surface area (Å²) in [5, 5.41) is 3.07. The minimum absolute atomic E-state index is 0.0453. The summed E-state index contributed by atoms with van der Waals surface area (Å²) < 4.78 is 52.0. The van der Waals surface area contributed by atoms with Gasteiger partial charge in [0.05, 0.1) is 11.0 Å². The lowest BCUT2D eigenvalue weighted by Gasteiger charge is -2.23. The third-order valence-electron chi connectivity index (χ3n) is 4.33. The largest absolute Gasteiger partial charge is 0.416 e. The summed E-state index contributed by atoms with van der Waals surface area (Å²) in [5.41, 5.74) is -0.677. The number of benzene rings is 2. The number of nitrogens with one attached hydrogen (secondary N) is 2. The molecule has 0 saturated heterocycles. The number of rotatable bonds is 3. The van der Waals surface area contributed by atoms with Crippen molar-refractivity contribution in [1.29, 1.82) is 0 Å². The number of anilines is 1. The van der Waals surface area contributed by atoms with E-state index >= 15 is 0 Å². The van der Waals surface area contributed by atoms with E-state index < -0.39 is 28.9 Å². The average molecular weight is 364 g/mol. The van der Waals surface area contributed by atoms with E-state index in [1.165, 1.54) is 24.3 Å². The molecule has 3 aromatic rings. The number of aromatic nitrogens is 1. The smallest absolute Gasteiger partial charge is 0.361 e. The van der Waals surface area contributed by atoms with Gasteiger partial charge in [0.2, 0.25) is 5.91 Å². The second-order valence-electron chi connectivity index (χ2n) is 6.55. The molecular formula is C19H16F4N2O. The molecule has 0 atom stereocenters. The van der Waals surface area contributed by atoms with E-state index in [0.29, 0.717) is 16.5 Å². The van der Waals surface area contributed by atoms with Gasteiger partial charge >= 0.3 is 6.18 Å². The molecule has 2 aromatic carbocycles. The molecule has 2 N–H and O–H groups in total. The van der Waals surface area contributed by atoms with Gasteiger partial charge in [0, 0.05) is 22.8 Å². The molecule has 0 fully saturated rings. The maximum absolute atomic E-state index is 13.6. The summed E-state index contributed by atoms with van der Waals surface area (Å²) in [6.45, 7) is 3.26. The van der Waals surface area contributed by atoms with Gasteiger partial charge in [-0.1, -0.05) is 6.07 Å². The van der Waals surface area contributed by atoms with Crippen molar-refractivity contribution in [2.45, 2.75) is 25.4 Å². The molecular weight excluding hydrogens is 348 g/mol. The highest BCUT2D eigenvalue weighted by Gasteiger charge is 2.34. The Bertz CT molecular complexity index is 973. The van der Waals surface area contributed by atoms with Gasteiger partial charge in [-0.15, -0.1) is 0 Å². The third-order valence-corrected chi connectivity index (χ3v) is 4.33. The van der Waals surface area contributed by atoms with E-state index in [9.17, 15) is 22.4 Å². The fourth-order valence-corrected chi connectivity index (χ4v) is 2.79.